The minimum Gasteiger partial charge on any atom is -0.335 e. The number of nitrogens with zero attached hydrogens (tertiary/aromatic N) is 6. The van der Waals surface area contributed by atoms with Gasteiger partial charge in [0.25, 0.3) is 0 Å². The van der Waals surface area contributed by atoms with E-state index in [0.717, 1.165) is 39.9 Å². The Kier molecular flexibility index (Phi) is 4.42. The molecule has 0 aromatic carbocycles. The highest BCUT2D eigenvalue weighted by molar-refractivity contribution is 5.94. The van der Waals surface area contributed by atoms with Crippen LogP contribution in [0.5, 0.6) is 0 Å². The lowest BCUT2D eigenvalue weighted by Crippen LogP contribution is -2.29. The first-order valence-corrected chi connectivity index (χ1v) is 10.7. The summed E-state index contributed by atoms with van der Waals surface area (Å²) in [4.78, 5) is 23.9. The quantitative estimate of drug-likeness (QED) is 0.465. The van der Waals surface area contributed by atoms with Crippen molar-refractivity contribution in [2.75, 3.05) is 13.1 Å². The Morgan fingerprint density at radius 2 is 1.90 bits per heavy atom. The van der Waals surface area contributed by atoms with Gasteiger partial charge in [-0.1, -0.05) is 6.42 Å². The van der Waals surface area contributed by atoms with Gasteiger partial charge in [-0.05, 0) is 55.8 Å². The summed E-state index contributed by atoms with van der Waals surface area (Å²) in [5.41, 5.74) is 6.29. The van der Waals surface area contributed by atoms with Crippen LogP contribution < -0.4 is 0 Å². The summed E-state index contributed by atoms with van der Waals surface area (Å²) in [6, 6.07) is 8.09. The Morgan fingerprint density at radius 1 is 0.968 bits per heavy atom. The van der Waals surface area contributed by atoms with Crippen LogP contribution in [0, 0.1) is 0 Å². The molecule has 1 aliphatic heterocycles. The van der Waals surface area contributed by atoms with Crippen LogP contribution in [0.4, 0.5) is 0 Å². The maximum Gasteiger partial charge on any atom is 0.178 e. The smallest absolute Gasteiger partial charge is 0.178 e. The van der Waals surface area contributed by atoms with Crippen LogP contribution in [-0.4, -0.2) is 53.1 Å². The number of aromatic nitrogens is 7. The molecule has 0 amide bonds. The van der Waals surface area contributed by atoms with Gasteiger partial charge in [0.05, 0.1) is 22.9 Å². The molecule has 1 fully saturated rings. The maximum atomic E-state index is 4.65. The fraction of sp³-hybridized carbons (Fsp3) is 0.261. The van der Waals surface area contributed by atoms with Crippen LogP contribution >= 0.6 is 0 Å². The van der Waals surface area contributed by atoms with Gasteiger partial charge < -0.3 is 4.98 Å². The molecule has 5 aromatic heterocycles. The van der Waals surface area contributed by atoms with Gasteiger partial charge in [0.1, 0.15) is 5.69 Å². The second kappa shape index (κ2) is 7.55. The predicted octanol–water partition coefficient (Wildman–Crippen LogP) is 3.94. The summed E-state index contributed by atoms with van der Waals surface area (Å²) in [6.07, 6.45) is 11.3. The molecule has 31 heavy (non-hydrogen) atoms. The van der Waals surface area contributed by atoms with E-state index in [4.69, 9.17) is 0 Å². The molecule has 2 N–H and O–H groups in total. The summed E-state index contributed by atoms with van der Waals surface area (Å²) >= 11 is 0. The van der Waals surface area contributed by atoms with Crippen LogP contribution in [-0.2, 0) is 6.54 Å². The molecule has 0 unspecified atom stereocenters. The lowest BCUT2D eigenvalue weighted by atomic mass is 10.1. The molecule has 0 saturated carbocycles. The average molecular weight is 410 g/mol. The van der Waals surface area contributed by atoms with Crippen LogP contribution in [0.1, 0.15) is 24.8 Å². The van der Waals surface area contributed by atoms with Crippen LogP contribution in [0.2, 0.25) is 0 Å². The van der Waals surface area contributed by atoms with Crippen molar-refractivity contribution in [3.05, 3.63) is 54.6 Å². The van der Waals surface area contributed by atoms with Gasteiger partial charge in [0, 0.05) is 36.1 Å². The number of aromatic amines is 2. The van der Waals surface area contributed by atoms with E-state index in [-0.39, 0.29) is 0 Å². The molecule has 5 aromatic rings. The number of fused-ring (bicyclic) bond motifs is 2. The maximum absolute atomic E-state index is 4.65. The van der Waals surface area contributed by atoms with Gasteiger partial charge in [-0.15, -0.1) is 0 Å². The minimum absolute atomic E-state index is 0.678. The molecule has 0 bridgehead atoms. The molecular weight excluding hydrogens is 388 g/mol. The monoisotopic (exact) mass is 410 g/mol. The Hall–Kier alpha value is -3.65. The molecule has 8 nitrogen and oxygen atoms in total. The molecule has 154 valence electrons. The number of likely N-dealkylation sites (tertiary alicyclic amines) is 1. The minimum atomic E-state index is 0.678. The van der Waals surface area contributed by atoms with Gasteiger partial charge in [0.2, 0.25) is 0 Å². The predicted molar refractivity (Wildman–Crippen MR) is 119 cm³/mol. The first kappa shape index (κ1) is 18.1. The van der Waals surface area contributed by atoms with Crippen molar-refractivity contribution in [1.82, 2.24) is 40.0 Å². The largest absolute Gasteiger partial charge is 0.335 e. The first-order chi connectivity index (χ1) is 15.3. The van der Waals surface area contributed by atoms with Crippen molar-refractivity contribution in [1.29, 1.82) is 0 Å². The first-order valence-electron chi connectivity index (χ1n) is 10.7. The number of piperidine rings is 1. The number of nitrogens with one attached hydrogen (secondary N) is 2. The van der Waals surface area contributed by atoms with Gasteiger partial charge in [-0.3, -0.25) is 20.0 Å². The van der Waals surface area contributed by atoms with Crippen molar-refractivity contribution in [2.24, 2.45) is 0 Å². The molecular formula is C23H22N8. The topological polar surface area (TPSA) is 99.3 Å². The standard InChI is InChI=1S/C23H22N8/c1-2-7-31(8-3-1)14-15-9-16(12-24-11-15)19-10-17-20(13-26-19)29-30-21(17)23-27-18-5-4-6-25-22(18)28-23/h4-6,9-13H,1-3,7-8,14H2,(H,29,30)(H,25,27,28). The number of pyridine rings is 3. The van der Waals surface area contributed by atoms with Crippen molar-refractivity contribution >= 4 is 22.1 Å². The third-order valence-electron chi connectivity index (χ3n) is 5.87. The van der Waals surface area contributed by atoms with Crippen LogP contribution in [0.25, 0.3) is 44.8 Å². The highest BCUT2D eigenvalue weighted by atomic mass is 15.1. The van der Waals surface area contributed by atoms with E-state index in [0.29, 0.717) is 11.5 Å². The zero-order chi connectivity index (χ0) is 20.6. The van der Waals surface area contributed by atoms with Gasteiger partial charge in [-0.25, -0.2) is 9.97 Å². The molecule has 1 saturated heterocycles. The number of imidazole rings is 1. The molecule has 0 atom stereocenters. The van der Waals surface area contributed by atoms with E-state index in [9.17, 15) is 0 Å². The molecule has 1 aliphatic rings. The average Bonchev–Trinajstić information content (AvgIpc) is 3.43. The summed E-state index contributed by atoms with van der Waals surface area (Å²) in [7, 11) is 0. The normalized spacial score (nSPS) is 15.1. The summed E-state index contributed by atoms with van der Waals surface area (Å²) < 4.78 is 0. The van der Waals surface area contributed by atoms with Crippen molar-refractivity contribution in [3.63, 3.8) is 0 Å². The molecule has 8 heteroatoms. The molecule has 0 radical (unpaired) electrons. The summed E-state index contributed by atoms with van der Waals surface area (Å²) in [5.74, 6) is 0.689. The number of H-pyrrole nitrogens is 2. The second-order valence-electron chi connectivity index (χ2n) is 8.07. The van der Waals surface area contributed by atoms with E-state index in [1.807, 2.05) is 30.7 Å². The van der Waals surface area contributed by atoms with E-state index < -0.39 is 0 Å². The molecule has 0 aliphatic carbocycles. The zero-order valence-corrected chi connectivity index (χ0v) is 17.0. The number of hydrogen-bond donors (Lipinski definition) is 2. The molecule has 6 rings (SSSR count). The van der Waals surface area contributed by atoms with E-state index in [1.165, 1.54) is 37.9 Å². The highest BCUT2D eigenvalue weighted by Gasteiger charge is 2.15. The van der Waals surface area contributed by atoms with Gasteiger partial charge >= 0.3 is 0 Å². The number of hydrogen-bond acceptors (Lipinski definition) is 6. The lowest BCUT2D eigenvalue weighted by molar-refractivity contribution is 0.220. The lowest BCUT2D eigenvalue weighted by Gasteiger charge is -2.26. The summed E-state index contributed by atoms with van der Waals surface area (Å²) in [5, 5.41) is 8.51. The fourth-order valence-electron chi connectivity index (χ4n) is 4.30. The van der Waals surface area contributed by atoms with Crippen molar-refractivity contribution in [3.8, 4) is 22.8 Å². The Morgan fingerprint density at radius 3 is 2.81 bits per heavy atom. The number of rotatable bonds is 4. The Balaban J connectivity index is 1.36. The van der Waals surface area contributed by atoms with Crippen LogP contribution in [0.15, 0.2) is 49.1 Å². The Bertz CT molecular complexity index is 1330. The van der Waals surface area contributed by atoms with Crippen molar-refractivity contribution in [2.45, 2.75) is 25.8 Å². The third-order valence-corrected chi connectivity index (χ3v) is 5.87. The fourth-order valence-corrected chi connectivity index (χ4v) is 4.30. The molecule has 0 spiro atoms. The van der Waals surface area contributed by atoms with Crippen LogP contribution in [0.3, 0.4) is 0 Å². The highest BCUT2D eigenvalue weighted by Crippen LogP contribution is 2.29. The Labute approximate surface area is 178 Å². The summed E-state index contributed by atoms with van der Waals surface area (Å²) in [6.45, 7) is 3.27. The SMILES string of the molecule is c1cnc2nc(-c3n[nH]c4cnc(-c5cncc(CN6CCCCC6)c5)cc34)[nH]c2c1. The van der Waals surface area contributed by atoms with Gasteiger partial charge in [-0.2, -0.15) is 5.10 Å². The van der Waals surface area contributed by atoms with E-state index >= 15 is 0 Å². The van der Waals surface area contributed by atoms with Gasteiger partial charge in [0.15, 0.2) is 11.5 Å². The molecule has 6 heterocycles. The third kappa shape index (κ3) is 3.44. The van der Waals surface area contributed by atoms with E-state index in [1.54, 1.807) is 6.20 Å². The van der Waals surface area contributed by atoms with Crippen molar-refractivity contribution < 1.29 is 0 Å². The zero-order valence-electron chi connectivity index (χ0n) is 17.0. The van der Waals surface area contributed by atoms with E-state index in [2.05, 4.69) is 52.1 Å². The second-order valence-corrected chi connectivity index (χ2v) is 8.07.